The summed E-state index contributed by atoms with van der Waals surface area (Å²) in [7, 11) is 0. The van der Waals surface area contributed by atoms with E-state index in [0.29, 0.717) is 5.56 Å². The van der Waals surface area contributed by atoms with E-state index in [4.69, 9.17) is 0 Å². The molecule has 3 heteroatoms. The van der Waals surface area contributed by atoms with Gasteiger partial charge in [0.25, 0.3) is 5.91 Å². The van der Waals surface area contributed by atoms with Crippen LogP contribution in [0.25, 0.3) is 0 Å². The first-order chi connectivity index (χ1) is 14.1. The van der Waals surface area contributed by atoms with Gasteiger partial charge in [0.15, 0.2) is 0 Å². The fourth-order valence-electron chi connectivity index (χ4n) is 3.93. The lowest BCUT2D eigenvalue weighted by Gasteiger charge is -2.28. The molecule has 1 atom stereocenters. The van der Waals surface area contributed by atoms with Gasteiger partial charge in [0, 0.05) is 25.2 Å². The van der Waals surface area contributed by atoms with Gasteiger partial charge in [-0.1, -0.05) is 66.2 Å². The molecule has 148 valence electrons. The van der Waals surface area contributed by atoms with Gasteiger partial charge in [-0.05, 0) is 54.7 Å². The van der Waals surface area contributed by atoms with E-state index < -0.39 is 0 Å². The number of carbonyl (C=O) groups excluding carboxylic acids is 1. The molecular formula is C26H28N2O. The number of hydrogen-bond donors (Lipinski definition) is 1. The molecule has 0 saturated heterocycles. The molecule has 4 rings (SSSR count). The molecule has 3 nitrogen and oxygen atoms in total. The number of benzene rings is 3. The number of nitrogens with zero attached hydrogens (tertiary/aromatic N) is 1. The second-order valence-corrected chi connectivity index (χ2v) is 8.03. The van der Waals surface area contributed by atoms with Gasteiger partial charge in [0.05, 0.1) is 6.04 Å². The van der Waals surface area contributed by atoms with Crippen molar-refractivity contribution in [2.24, 2.45) is 0 Å². The predicted octanol–water partition coefficient (Wildman–Crippen LogP) is 5.04. The molecule has 1 unspecified atom stereocenters. The van der Waals surface area contributed by atoms with E-state index in [2.05, 4.69) is 77.8 Å². The number of carbonyl (C=O) groups is 1. The third-order valence-electron chi connectivity index (χ3n) is 5.76. The molecule has 29 heavy (non-hydrogen) atoms. The van der Waals surface area contributed by atoms with Gasteiger partial charge in [-0.3, -0.25) is 9.69 Å². The van der Waals surface area contributed by atoms with Crippen molar-refractivity contribution in [2.45, 2.75) is 39.4 Å². The molecule has 1 aliphatic rings. The first-order valence-corrected chi connectivity index (χ1v) is 10.3. The Hall–Kier alpha value is -2.91. The van der Waals surface area contributed by atoms with E-state index in [-0.39, 0.29) is 11.9 Å². The standard InChI is InChI=1S/C26H28N2O/c1-19-7-11-22(12-8-19)20(2)27-26(29)24-13-9-21(10-14-24)17-28-16-15-23-5-3-4-6-25(23)18-28/h3-14,20H,15-18H2,1-2H3,(H,27,29). The predicted molar refractivity (Wildman–Crippen MR) is 118 cm³/mol. The summed E-state index contributed by atoms with van der Waals surface area (Å²) >= 11 is 0. The Morgan fingerprint density at radius 3 is 2.38 bits per heavy atom. The van der Waals surface area contributed by atoms with Crippen LogP contribution in [0.1, 0.15) is 51.1 Å². The number of rotatable bonds is 5. The summed E-state index contributed by atoms with van der Waals surface area (Å²) in [6.07, 6.45) is 1.10. The Bertz CT molecular complexity index is 976. The largest absolute Gasteiger partial charge is 0.346 e. The Labute approximate surface area is 173 Å². The summed E-state index contributed by atoms with van der Waals surface area (Å²) in [5, 5.41) is 3.09. The first-order valence-electron chi connectivity index (χ1n) is 10.3. The average molecular weight is 385 g/mol. The van der Waals surface area contributed by atoms with Crippen molar-refractivity contribution in [2.75, 3.05) is 6.54 Å². The minimum atomic E-state index is -0.0310. The Kier molecular flexibility index (Phi) is 5.77. The Balaban J connectivity index is 1.35. The number of fused-ring (bicyclic) bond motifs is 1. The topological polar surface area (TPSA) is 32.3 Å². The molecule has 0 bridgehead atoms. The summed E-state index contributed by atoms with van der Waals surface area (Å²) in [6, 6.07) is 25.0. The molecule has 3 aromatic carbocycles. The van der Waals surface area contributed by atoms with Gasteiger partial charge in [-0.15, -0.1) is 0 Å². The molecular weight excluding hydrogens is 356 g/mol. The van der Waals surface area contributed by atoms with Gasteiger partial charge >= 0.3 is 0 Å². The number of nitrogens with one attached hydrogen (secondary N) is 1. The number of amides is 1. The SMILES string of the molecule is Cc1ccc(C(C)NC(=O)c2ccc(CN3CCc4ccccc4C3)cc2)cc1. The maximum absolute atomic E-state index is 12.6. The van der Waals surface area contributed by atoms with Crippen LogP contribution in [0.15, 0.2) is 72.8 Å². The van der Waals surface area contributed by atoms with Crippen LogP contribution >= 0.6 is 0 Å². The van der Waals surface area contributed by atoms with Crippen LogP contribution < -0.4 is 5.32 Å². The highest BCUT2D eigenvalue weighted by molar-refractivity contribution is 5.94. The van der Waals surface area contributed by atoms with Gasteiger partial charge in [0.2, 0.25) is 0 Å². The van der Waals surface area contributed by atoms with Crippen molar-refractivity contribution in [1.29, 1.82) is 0 Å². The first kappa shape index (κ1) is 19.4. The molecule has 3 aromatic rings. The zero-order valence-electron chi connectivity index (χ0n) is 17.2. The fraction of sp³-hybridized carbons (Fsp3) is 0.269. The maximum Gasteiger partial charge on any atom is 0.251 e. The Morgan fingerprint density at radius 2 is 1.66 bits per heavy atom. The Morgan fingerprint density at radius 1 is 0.966 bits per heavy atom. The average Bonchev–Trinajstić information content (AvgIpc) is 2.74. The monoisotopic (exact) mass is 384 g/mol. The van der Waals surface area contributed by atoms with Gasteiger partial charge in [-0.25, -0.2) is 0 Å². The normalized spacial score (nSPS) is 14.8. The quantitative estimate of drug-likeness (QED) is 0.668. The highest BCUT2D eigenvalue weighted by Gasteiger charge is 2.16. The second-order valence-electron chi connectivity index (χ2n) is 8.03. The van der Waals surface area contributed by atoms with Gasteiger partial charge < -0.3 is 5.32 Å². The van der Waals surface area contributed by atoms with Crippen LogP contribution in [0.4, 0.5) is 0 Å². The maximum atomic E-state index is 12.6. The second kappa shape index (κ2) is 8.62. The number of hydrogen-bond acceptors (Lipinski definition) is 2. The van der Waals surface area contributed by atoms with Crippen LogP contribution in [0.5, 0.6) is 0 Å². The molecule has 1 N–H and O–H groups in total. The summed E-state index contributed by atoms with van der Waals surface area (Å²) in [5.74, 6) is -0.0310. The molecule has 0 aromatic heterocycles. The summed E-state index contributed by atoms with van der Waals surface area (Å²) in [6.45, 7) is 7.07. The molecule has 0 saturated carbocycles. The lowest BCUT2D eigenvalue weighted by atomic mass is 9.99. The molecule has 0 aliphatic carbocycles. The highest BCUT2D eigenvalue weighted by Crippen LogP contribution is 2.20. The lowest BCUT2D eigenvalue weighted by Crippen LogP contribution is -2.30. The smallest absolute Gasteiger partial charge is 0.251 e. The van der Waals surface area contributed by atoms with Crippen LogP contribution in [0, 0.1) is 6.92 Å². The minimum absolute atomic E-state index is 0.0174. The van der Waals surface area contributed by atoms with Crippen LogP contribution in [0.3, 0.4) is 0 Å². The molecule has 1 amide bonds. The molecule has 0 spiro atoms. The van der Waals surface area contributed by atoms with E-state index in [1.807, 2.05) is 19.1 Å². The van der Waals surface area contributed by atoms with Crippen molar-refractivity contribution in [3.8, 4) is 0 Å². The minimum Gasteiger partial charge on any atom is -0.346 e. The fourth-order valence-corrected chi connectivity index (χ4v) is 3.93. The van der Waals surface area contributed by atoms with Crippen LogP contribution in [0.2, 0.25) is 0 Å². The lowest BCUT2D eigenvalue weighted by molar-refractivity contribution is 0.0940. The molecule has 0 fully saturated rings. The van der Waals surface area contributed by atoms with E-state index in [0.717, 1.165) is 31.6 Å². The van der Waals surface area contributed by atoms with Gasteiger partial charge in [0.1, 0.15) is 0 Å². The summed E-state index contributed by atoms with van der Waals surface area (Å²) in [4.78, 5) is 15.1. The van der Waals surface area contributed by atoms with Gasteiger partial charge in [-0.2, -0.15) is 0 Å². The van der Waals surface area contributed by atoms with Crippen molar-refractivity contribution < 1.29 is 4.79 Å². The van der Waals surface area contributed by atoms with E-state index in [1.165, 1.54) is 22.3 Å². The van der Waals surface area contributed by atoms with Crippen molar-refractivity contribution in [3.05, 3.63) is 106 Å². The van der Waals surface area contributed by atoms with Crippen LogP contribution in [-0.4, -0.2) is 17.4 Å². The van der Waals surface area contributed by atoms with E-state index in [9.17, 15) is 4.79 Å². The van der Waals surface area contributed by atoms with Crippen LogP contribution in [-0.2, 0) is 19.5 Å². The summed E-state index contributed by atoms with van der Waals surface area (Å²) in [5.41, 5.74) is 7.19. The molecule has 0 radical (unpaired) electrons. The zero-order chi connectivity index (χ0) is 20.2. The van der Waals surface area contributed by atoms with E-state index in [1.54, 1.807) is 0 Å². The molecule has 1 aliphatic heterocycles. The third kappa shape index (κ3) is 4.75. The van der Waals surface area contributed by atoms with Crippen molar-refractivity contribution in [1.82, 2.24) is 10.2 Å². The summed E-state index contributed by atoms with van der Waals surface area (Å²) < 4.78 is 0. The zero-order valence-corrected chi connectivity index (χ0v) is 17.2. The highest BCUT2D eigenvalue weighted by atomic mass is 16.1. The van der Waals surface area contributed by atoms with Crippen molar-refractivity contribution in [3.63, 3.8) is 0 Å². The number of aryl methyl sites for hydroxylation is 1. The van der Waals surface area contributed by atoms with E-state index >= 15 is 0 Å². The molecule has 1 heterocycles. The van der Waals surface area contributed by atoms with Crippen molar-refractivity contribution >= 4 is 5.91 Å². The third-order valence-corrected chi connectivity index (χ3v) is 5.76.